The van der Waals surface area contributed by atoms with Crippen LogP contribution in [0.5, 0.6) is 5.75 Å². The van der Waals surface area contributed by atoms with Crippen LogP contribution >= 0.6 is 11.3 Å². The van der Waals surface area contributed by atoms with Gasteiger partial charge >= 0.3 is 0 Å². The van der Waals surface area contributed by atoms with Gasteiger partial charge in [-0.05, 0) is 24.1 Å². The Morgan fingerprint density at radius 1 is 1.17 bits per heavy atom. The lowest BCUT2D eigenvalue weighted by atomic mass is 10.1. The van der Waals surface area contributed by atoms with Crippen molar-refractivity contribution in [2.45, 2.75) is 13.3 Å². The topological polar surface area (TPSA) is 75.1 Å². The Balaban J connectivity index is 1.80. The number of hydrogen-bond donors (Lipinski definition) is 2. The largest absolute Gasteiger partial charge is 0.507 e. The number of amides is 1. The van der Waals surface area contributed by atoms with E-state index in [4.69, 9.17) is 0 Å². The monoisotopic (exact) mass is 325 g/mol. The van der Waals surface area contributed by atoms with Crippen LogP contribution in [0.2, 0.25) is 0 Å². The predicted octanol–water partition coefficient (Wildman–Crippen LogP) is 3.73. The SMILES string of the molecule is CCc1ccc(O)c(C(=O)Nc2nnc(-c3ccccc3)s2)c1. The van der Waals surface area contributed by atoms with Gasteiger partial charge in [0.1, 0.15) is 10.8 Å². The number of rotatable bonds is 4. The van der Waals surface area contributed by atoms with E-state index < -0.39 is 5.91 Å². The third-order valence-electron chi connectivity index (χ3n) is 3.38. The molecule has 23 heavy (non-hydrogen) atoms. The van der Waals surface area contributed by atoms with Crippen LogP contribution in [0.3, 0.4) is 0 Å². The first kappa shape index (κ1) is 15.2. The van der Waals surface area contributed by atoms with Crippen LogP contribution in [-0.2, 0) is 6.42 Å². The Morgan fingerprint density at radius 2 is 1.96 bits per heavy atom. The highest BCUT2D eigenvalue weighted by molar-refractivity contribution is 7.18. The second kappa shape index (κ2) is 6.58. The quantitative estimate of drug-likeness (QED) is 0.766. The predicted molar refractivity (Wildman–Crippen MR) is 90.8 cm³/mol. The minimum Gasteiger partial charge on any atom is -0.507 e. The number of nitrogens with zero attached hydrogens (tertiary/aromatic N) is 2. The van der Waals surface area contributed by atoms with Crippen molar-refractivity contribution < 1.29 is 9.90 Å². The van der Waals surface area contributed by atoms with Crippen LogP contribution in [0.25, 0.3) is 10.6 Å². The van der Waals surface area contributed by atoms with Crippen LogP contribution in [0.15, 0.2) is 48.5 Å². The van der Waals surface area contributed by atoms with Gasteiger partial charge in [0, 0.05) is 5.56 Å². The molecular weight excluding hydrogens is 310 g/mol. The summed E-state index contributed by atoms with van der Waals surface area (Å²) in [4.78, 5) is 12.3. The van der Waals surface area contributed by atoms with Gasteiger partial charge in [0.05, 0.1) is 5.56 Å². The van der Waals surface area contributed by atoms with E-state index in [-0.39, 0.29) is 11.3 Å². The average molecular weight is 325 g/mol. The first-order valence-electron chi connectivity index (χ1n) is 7.19. The third kappa shape index (κ3) is 3.37. The number of phenolic OH excluding ortho intramolecular Hbond substituents is 1. The maximum atomic E-state index is 12.3. The highest BCUT2D eigenvalue weighted by atomic mass is 32.1. The number of anilines is 1. The molecule has 1 heterocycles. The summed E-state index contributed by atoms with van der Waals surface area (Å²) in [5.74, 6) is -0.443. The summed E-state index contributed by atoms with van der Waals surface area (Å²) >= 11 is 1.29. The molecule has 0 aliphatic heterocycles. The first-order chi connectivity index (χ1) is 11.2. The molecule has 0 atom stereocenters. The van der Waals surface area contributed by atoms with Gasteiger partial charge in [-0.1, -0.05) is 54.7 Å². The zero-order valence-corrected chi connectivity index (χ0v) is 13.3. The van der Waals surface area contributed by atoms with Gasteiger partial charge in [-0.3, -0.25) is 10.1 Å². The maximum Gasteiger partial charge on any atom is 0.261 e. The summed E-state index contributed by atoms with van der Waals surface area (Å²) in [7, 11) is 0. The van der Waals surface area contributed by atoms with E-state index in [2.05, 4.69) is 15.5 Å². The molecule has 116 valence electrons. The summed E-state index contributed by atoms with van der Waals surface area (Å²) in [5, 5.41) is 21.7. The van der Waals surface area contributed by atoms with Crippen LogP contribution in [0.4, 0.5) is 5.13 Å². The van der Waals surface area contributed by atoms with Crippen LogP contribution in [-0.4, -0.2) is 21.2 Å². The van der Waals surface area contributed by atoms with E-state index in [1.165, 1.54) is 17.4 Å². The summed E-state index contributed by atoms with van der Waals surface area (Å²) in [5.41, 5.74) is 2.16. The van der Waals surface area contributed by atoms with E-state index in [1.807, 2.05) is 37.3 Å². The van der Waals surface area contributed by atoms with E-state index in [0.717, 1.165) is 22.6 Å². The number of carbonyl (C=O) groups excluding carboxylic acids is 1. The number of benzene rings is 2. The molecular formula is C17H15N3O2S. The second-order valence-corrected chi connectivity index (χ2v) is 5.92. The van der Waals surface area contributed by atoms with Crippen molar-refractivity contribution in [3.05, 3.63) is 59.7 Å². The number of aromatic nitrogens is 2. The van der Waals surface area contributed by atoms with E-state index in [1.54, 1.807) is 12.1 Å². The fraction of sp³-hybridized carbons (Fsp3) is 0.118. The molecule has 2 aromatic carbocycles. The lowest BCUT2D eigenvalue weighted by Gasteiger charge is -2.06. The van der Waals surface area contributed by atoms with Crippen molar-refractivity contribution in [3.8, 4) is 16.3 Å². The summed E-state index contributed by atoms with van der Waals surface area (Å²) in [6.45, 7) is 1.99. The van der Waals surface area contributed by atoms with Gasteiger partial charge in [0.25, 0.3) is 5.91 Å². The Labute approximate surface area is 137 Å². The molecule has 0 radical (unpaired) electrons. The molecule has 1 aromatic heterocycles. The van der Waals surface area contributed by atoms with E-state index >= 15 is 0 Å². The zero-order valence-electron chi connectivity index (χ0n) is 12.5. The fourth-order valence-electron chi connectivity index (χ4n) is 2.12. The Morgan fingerprint density at radius 3 is 2.70 bits per heavy atom. The molecule has 1 amide bonds. The number of hydrogen-bond acceptors (Lipinski definition) is 5. The Bertz CT molecular complexity index is 831. The molecule has 0 bridgehead atoms. The molecule has 0 fully saturated rings. The average Bonchev–Trinajstić information content (AvgIpc) is 3.04. The maximum absolute atomic E-state index is 12.3. The summed E-state index contributed by atoms with van der Waals surface area (Å²) in [6, 6.07) is 14.6. The Kier molecular flexibility index (Phi) is 4.34. The molecule has 5 nitrogen and oxygen atoms in total. The number of nitrogens with one attached hydrogen (secondary N) is 1. The summed E-state index contributed by atoms with van der Waals surface area (Å²) < 4.78 is 0. The molecule has 0 saturated heterocycles. The number of aromatic hydroxyl groups is 1. The zero-order chi connectivity index (χ0) is 16.2. The third-order valence-corrected chi connectivity index (χ3v) is 4.27. The second-order valence-electron chi connectivity index (χ2n) is 4.94. The van der Waals surface area contributed by atoms with Gasteiger partial charge in [-0.25, -0.2) is 0 Å². The lowest BCUT2D eigenvalue weighted by Crippen LogP contribution is -2.12. The van der Waals surface area contributed by atoms with Gasteiger partial charge < -0.3 is 5.11 Å². The van der Waals surface area contributed by atoms with Crippen molar-refractivity contribution >= 4 is 22.4 Å². The van der Waals surface area contributed by atoms with Crippen molar-refractivity contribution in [2.24, 2.45) is 0 Å². The number of carbonyl (C=O) groups is 1. The Hall–Kier alpha value is -2.73. The minimum atomic E-state index is -0.395. The molecule has 6 heteroatoms. The lowest BCUT2D eigenvalue weighted by molar-refractivity contribution is 0.102. The standard InChI is InChI=1S/C17H15N3O2S/c1-2-11-8-9-14(21)13(10-11)15(22)18-17-20-19-16(23-17)12-6-4-3-5-7-12/h3-10,21H,2H2,1H3,(H,18,20,22). The molecule has 0 aliphatic rings. The highest BCUT2D eigenvalue weighted by Gasteiger charge is 2.15. The van der Waals surface area contributed by atoms with Gasteiger partial charge in [-0.15, -0.1) is 10.2 Å². The first-order valence-corrected chi connectivity index (χ1v) is 8.01. The molecule has 0 saturated carbocycles. The van der Waals surface area contributed by atoms with Crippen molar-refractivity contribution in [1.29, 1.82) is 0 Å². The minimum absolute atomic E-state index is 0.0486. The smallest absolute Gasteiger partial charge is 0.261 e. The van der Waals surface area contributed by atoms with E-state index in [9.17, 15) is 9.90 Å². The molecule has 0 unspecified atom stereocenters. The molecule has 0 spiro atoms. The van der Waals surface area contributed by atoms with Crippen molar-refractivity contribution in [1.82, 2.24) is 10.2 Å². The normalized spacial score (nSPS) is 10.5. The molecule has 3 aromatic rings. The fourth-order valence-corrected chi connectivity index (χ4v) is 2.86. The van der Waals surface area contributed by atoms with Gasteiger partial charge in [-0.2, -0.15) is 0 Å². The van der Waals surface area contributed by atoms with Crippen molar-refractivity contribution in [2.75, 3.05) is 5.32 Å². The van der Waals surface area contributed by atoms with Gasteiger partial charge in [0.2, 0.25) is 5.13 Å². The molecule has 3 rings (SSSR count). The highest BCUT2D eigenvalue weighted by Crippen LogP contribution is 2.27. The molecule has 2 N–H and O–H groups in total. The number of aryl methyl sites for hydroxylation is 1. The van der Waals surface area contributed by atoms with E-state index in [0.29, 0.717) is 5.13 Å². The summed E-state index contributed by atoms with van der Waals surface area (Å²) in [6.07, 6.45) is 0.789. The van der Waals surface area contributed by atoms with Crippen LogP contribution < -0.4 is 5.32 Å². The number of phenols is 1. The van der Waals surface area contributed by atoms with Crippen LogP contribution in [0, 0.1) is 0 Å². The van der Waals surface area contributed by atoms with Gasteiger partial charge in [0.15, 0.2) is 0 Å². The molecule has 0 aliphatic carbocycles. The van der Waals surface area contributed by atoms with Crippen molar-refractivity contribution in [3.63, 3.8) is 0 Å². The van der Waals surface area contributed by atoms with Crippen LogP contribution in [0.1, 0.15) is 22.8 Å².